The molecule has 0 saturated heterocycles. The van der Waals surface area contributed by atoms with Gasteiger partial charge in [0.2, 0.25) is 0 Å². The summed E-state index contributed by atoms with van der Waals surface area (Å²) in [5.74, 6) is -1.20. The van der Waals surface area contributed by atoms with Gasteiger partial charge >= 0.3 is 20.2 Å². The second-order valence-electron chi connectivity index (χ2n) is 21.2. The van der Waals surface area contributed by atoms with Crippen molar-refractivity contribution in [2.24, 2.45) is 16.0 Å². The van der Waals surface area contributed by atoms with Gasteiger partial charge in [-0.2, -0.15) is 0 Å². The number of carboxylic acids is 1. The maximum absolute atomic E-state index is 13.2. The molecule has 0 aliphatic carbocycles. The first-order valence-corrected chi connectivity index (χ1v) is 26.8. The molecule has 0 saturated carbocycles. The number of rotatable bonds is 9. The molecule has 4 aromatic heterocycles. The SMILES string of the molecule is CC1(C)OB(O)c2cc(CN)ccc21.CC1(C)OB(O)c2cc(CNC(=O)c3ccc(C4=NOC(C)(c5cc(Cl)cc(Cl)c5)C4)c4cccn34)ccc21.CC1(c2cc(Cl)cc(Cl)c2)CC(c2ccc(C(=O)O)n3cccc23)=NO1.Cl. The largest absolute Gasteiger partial charge is 0.492 e. The van der Waals surface area contributed by atoms with E-state index in [2.05, 4.69) is 15.6 Å². The van der Waals surface area contributed by atoms with Gasteiger partial charge in [0.05, 0.1) is 33.7 Å². The number of oxime groups is 2. The number of amides is 1. The van der Waals surface area contributed by atoms with Gasteiger partial charge in [-0.1, -0.05) is 93.1 Å². The molecule has 4 aliphatic rings. The van der Waals surface area contributed by atoms with Crippen LogP contribution in [0.2, 0.25) is 20.1 Å². The van der Waals surface area contributed by atoms with E-state index in [1.165, 1.54) is 0 Å². The summed E-state index contributed by atoms with van der Waals surface area (Å²) in [4.78, 5) is 36.3. The number of hydrogen-bond donors (Lipinski definition) is 5. The molecule has 8 aromatic rings. The molecule has 2 atom stereocenters. The number of benzene rings is 4. The van der Waals surface area contributed by atoms with Crippen LogP contribution in [0.3, 0.4) is 0 Å². The third-order valence-corrected chi connectivity index (χ3v) is 15.6. The van der Waals surface area contributed by atoms with Crippen LogP contribution in [0, 0.1) is 0 Å². The van der Waals surface area contributed by atoms with Crippen LogP contribution in [-0.4, -0.2) is 61.5 Å². The average molecular weight is 1180 g/mol. The highest BCUT2D eigenvalue weighted by atomic mass is 35.5. The standard InChI is InChI=1S/C29H26BCl2N3O4.C19H14Cl2N2O3.C10H14BNO2.ClH/c1-28(2)22-8-6-17(11-23(22)30(37)38-28)16-33-27(36)26-9-7-21(25-5-4-10-35(25)26)24-15-29(3,39-34-24)18-12-19(31)14-20(32)13-18;1-19(11-7-12(20)9-13(21)8-11)10-15(22-26-19)14-4-5-17(18(24)25)23-6-2-3-16(14)23;1-10(2)8-4-3-7(6-12)5-9(8)11(13)14-10;/h4-14,37H,15-16H2,1-3H3,(H,33,36);2-9H,10H2,1H3,(H,24,25);3-5,13H,6,12H2,1-2H3;1H. The lowest BCUT2D eigenvalue weighted by molar-refractivity contribution is -0.00755. The van der Waals surface area contributed by atoms with Gasteiger partial charge in [0, 0.05) is 80.7 Å². The summed E-state index contributed by atoms with van der Waals surface area (Å²) >= 11 is 24.7. The maximum Gasteiger partial charge on any atom is 0.492 e. The maximum atomic E-state index is 13.2. The third kappa shape index (κ3) is 11.5. The molecule has 4 aliphatic heterocycles. The Morgan fingerprint density at radius 2 is 1.04 bits per heavy atom. The fourth-order valence-electron chi connectivity index (χ4n) is 10.6. The molecule has 0 radical (unpaired) electrons. The van der Waals surface area contributed by atoms with Gasteiger partial charge in [0.15, 0.2) is 11.2 Å². The summed E-state index contributed by atoms with van der Waals surface area (Å²) in [6, 6.07) is 36.8. The van der Waals surface area contributed by atoms with E-state index < -0.39 is 42.6 Å². The van der Waals surface area contributed by atoms with Crippen molar-refractivity contribution in [1.29, 1.82) is 0 Å². The van der Waals surface area contributed by atoms with Crippen LogP contribution in [0.4, 0.5) is 0 Å². The van der Waals surface area contributed by atoms with Crippen LogP contribution in [0.25, 0.3) is 11.0 Å². The Balaban J connectivity index is 0.000000162. The molecule has 0 fully saturated rings. The average Bonchev–Trinajstić information content (AvgIpc) is 4.30. The van der Waals surface area contributed by atoms with E-state index in [4.69, 9.17) is 71.1 Å². The molecule has 80 heavy (non-hydrogen) atoms. The number of pyridine rings is 2. The van der Waals surface area contributed by atoms with Crippen molar-refractivity contribution in [2.75, 3.05) is 0 Å². The number of halogens is 5. The fourth-order valence-corrected chi connectivity index (χ4v) is 11.6. The van der Waals surface area contributed by atoms with E-state index in [1.54, 1.807) is 47.0 Å². The quantitative estimate of drug-likeness (QED) is 0.0866. The molecule has 2 unspecified atom stereocenters. The normalized spacial score (nSPS) is 19.1. The Kier molecular flexibility index (Phi) is 16.4. The Morgan fingerprint density at radius 3 is 1.49 bits per heavy atom. The number of nitrogens with two attached hydrogens (primary N) is 1. The van der Waals surface area contributed by atoms with Crippen molar-refractivity contribution in [3.63, 3.8) is 0 Å². The number of hydrogen-bond acceptors (Lipinski definition) is 11. The Hall–Kier alpha value is -6.34. The van der Waals surface area contributed by atoms with E-state index in [0.29, 0.717) is 51.7 Å². The summed E-state index contributed by atoms with van der Waals surface area (Å²) in [5, 5.41) is 43.1. The summed E-state index contributed by atoms with van der Waals surface area (Å²) in [7, 11) is -1.79. The predicted octanol–water partition coefficient (Wildman–Crippen LogP) is 10.7. The Labute approximate surface area is 488 Å². The first kappa shape index (κ1) is 58.3. The van der Waals surface area contributed by atoms with Crippen LogP contribution in [-0.2, 0) is 54.5 Å². The van der Waals surface area contributed by atoms with Crippen molar-refractivity contribution < 1.29 is 43.7 Å². The summed E-state index contributed by atoms with van der Waals surface area (Å²) in [5.41, 5.74) is 15.8. The van der Waals surface area contributed by atoms with Crippen LogP contribution in [0.15, 0.2) is 144 Å². The zero-order valence-corrected chi connectivity index (χ0v) is 48.1. The van der Waals surface area contributed by atoms with Crippen LogP contribution in [0.1, 0.15) is 120 Å². The van der Waals surface area contributed by atoms with Gasteiger partial charge in [-0.05, 0) is 160 Å². The minimum atomic E-state index is -0.985. The van der Waals surface area contributed by atoms with Gasteiger partial charge in [-0.15, -0.1) is 12.4 Å². The van der Waals surface area contributed by atoms with Crippen molar-refractivity contribution >= 4 is 118 Å². The molecule has 0 bridgehead atoms. The molecular formula is C58H55B2Cl5N6O9. The van der Waals surface area contributed by atoms with Gasteiger partial charge in [0.1, 0.15) is 11.4 Å². The number of fused-ring (bicyclic) bond motifs is 4. The van der Waals surface area contributed by atoms with Gasteiger partial charge < -0.3 is 54.0 Å². The monoisotopic (exact) mass is 1180 g/mol. The Morgan fingerprint density at radius 1 is 0.613 bits per heavy atom. The molecule has 6 N–H and O–H groups in total. The smallest absolute Gasteiger partial charge is 0.477 e. The minimum Gasteiger partial charge on any atom is -0.477 e. The number of carbonyl (C=O) groups is 2. The molecule has 15 nitrogen and oxygen atoms in total. The number of carbonyl (C=O) groups excluding carboxylic acids is 1. The second-order valence-corrected chi connectivity index (χ2v) is 22.9. The van der Waals surface area contributed by atoms with Crippen LogP contribution < -0.4 is 22.0 Å². The van der Waals surface area contributed by atoms with Crippen molar-refractivity contribution in [2.45, 2.75) is 89.9 Å². The lowest BCUT2D eigenvalue weighted by atomic mass is 9.77. The summed E-state index contributed by atoms with van der Waals surface area (Å²) in [6.07, 6.45) is 4.59. The van der Waals surface area contributed by atoms with Crippen molar-refractivity contribution in [3.8, 4) is 0 Å². The molecule has 8 heterocycles. The van der Waals surface area contributed by atoms with Crippen molar-refractivity contribution in [3.05, 3.63) is 210 Å². The first-order valence-electron chi connectivity index (χ1n) is 25.3. The number of nitrogens with zero attached hydrogens (tertiary/aromatic N) is 4. The third-order valence-electron chi connectivity index (χ3n) is 14.7. The highest BCUT2D eigenvalue weighted by molar-refractivity contribution is 6.62. The lowest BCUT2D eigenvalue weighted by Gasteiger charge is -2.22. The van der Waals surface area contributed by atoms with Crippen LogP contribution in [0.5, 0.6) is 0 Å². The molecule has 4 aromatic carbocycles. The fraction of sp³-hybridized carbons (Fsp3) is 0.241. The number of aromatic nitrogens is 2. The zero-order valence-electron chi connectivity index (χ0n) is 44.3. The summed E-state index contributed by atoms with van der Waals surface area (Å²) in [6.45, 7) is 12.4. The van der Waals surface area contributed by atoms with E-state index in [1.807, 2.05) is 137 Å². The topological polar surface area (TPSA) is 203 Å². The number of nitrogens with one attached hydrogen (secondary N) is 1. The Bertz CT molecular complexity index is 3770. The van der Waals surface area contributed by atoms with E-state index >= 15 is 0 Å². The molecule has 412 valence electrons. The molecule has 22 heteroatoms. The second kappa shape index (κ2) is 22.5. The first-order chi connectivity index (χ1) is 37.5. The molecular weight excluding hydrogens is 1120 g/mol. The summed E-state index contributed by atoms with van der Waals surface area (Å²) < 4.78 is 14.6. The van der Waals surface area contributed by atoms with E-state index in [9.17, 15) is 24.7 Å². The lowest BCUT2D eigenvalue weighted by Crippen LogP contribution is -2.30. The number of carboxylic acid groups (broad SMARTS) is 1. The van der Waals surface area contributed by atoms with Crippen LogP contribution >= 0.6 is 58.8 Å². The zero-order chi connectivity index (χ0) is 56.3. The van der Waals surface area contributed by atoms with Gasteiger partial charge in [0.25, 0.3) is 5.91 Å². The number of aromatic carboxylic acids is 1. The molecule has 0 spiro atoms. The van der Waals surface area contributed by atoms with E-state index in [0.717, 1.165) is 77.9 Å². The highest BCUT2D eigenvalue weighted by Gasteiger charge is 2.43. The van der Waals surface area contributed by atoms with Gasteiger partial charge in [-0.3, -0.25) is 4.79 Å². The van der Waals surface area contributed by atoms with E-state index in [-0.39, 0.29) is 24.0 Å². The van der Waals surface area contributed by atoms with Gasteiger partial charge in [-0.25, -0.2) is 4.79 Å². The highest BCUT2D eigenvalue weighted by Crippen LogP contribution is 2.41. The molecule has 12 rings (SSSR count). The minimum absolute atomic E-state index is 0. The van der Waals surface area contributed by atoms with Crippen molar-refractivity contribution in [1.82, 2.24) is 14.1 Å². The predicted molar refractivity (Wildman–Crippen MR) is 316 cm³/mol. The molecule has 1 amide bonds.